The quantitative estimate of drug-likeness (QED) is 0.464. The van der Waals surface area contributed by atoms with Crippen LogP contribution in [0, 0.1) is 11.8 Å². The van der Waals surface area contributed by atoms with E-state index in [-0.39, 0.29) is 11.1 Å². The summed E-state index contributed by atoms with van der Waals surface area (Å²) in [6.45, 7) is 0. The number of benzene rings is 4. The van der Waals surface area contributed by atoms with Gasteiger partial charge in [0.2, 0.25) is 0 Å². The molecule has 0 saturated heterocycles. The molecule has 4 aromatic rings. The first kappa shape index (κ1) is 19.0. The van der Waals surface area contributed by atoms with Gasteiger partial charge in [0.05, 0.1) is 11.1 Å². The van der Waals surface area contributed by atoms with Gasteiger partial charge < -0.3 is 10.2 Å². The molecule has 0 aromatic heterocycles. The number of hydrogen-bond acceptors (Lipinski definition) is 2. The third-order valence-electron chi connectivity index (χ3n) is 4.84. The highest BCUT2D eigenvalue weighted by Gasteiger charge is 2.17. The maximum absolute atomic E-state index is 11.9. The van der Waals surface area contributed by atoms with Crippen LogP contribution >= 0.6 is 0 Å². The molecule has 0 aliphatic heterocycles. The van der Waals surface area contributed by atoms with Gasteiger partial charge in [0.25, 0.3) is 0 Å². The summed E-state index contributed by atoms with van der Waals surface area (Å²) in [7, 11) is 0. The first-order valence-electron chi connectivity index (χ1n) is 9.24. The largest absolute Gasteiger partial charge is 0.478 e. The predicted octanol–water partition coefficient (Wildman–Crippen LogP) is 5.30. The molecule has 144 valence electrons. The van der Waals surface area contributed by atoms with Crippen molar-refractivity contribution in [3.05, 3.63) is 107 Å². The molecule has 0 radical (unpaired) electrons. The van der Waals surface area contributed by atoms with Gasteiger partial charge in [-0.15, -0.1) is 0 Å². The lowest BCUT2D eigenvalue weighted by molar-refractivity contribution is 0.0686. The van der Waals surface area contributed by atoms with Crippen LogP contribution in [0.2, 0.25) is 0 Å². The van der Waals surface area contributed by atoms with E-state index >= 15 is 0 Å². The second-order valence-electron chi connectivity index (χ2n) is 6.69. The molecule has 4 heteroatoms. The van der Waals surface area contributed by atoms with Crippen molar-refractivity contribution in [2.24, 2.45) is 0 Å². The fourth-order valence-corrected chi connectivity index (χ4v) is 3.40. The smallest absolute Gasteiger partial charge is 0.337 e. The van der Waals surface area contributed by atoms with Crippen LogP contribution in [0.5, 0.6) is 0 Å². The number of hydrogen-bond donors (Lipinski definition) is 2. The molecule has 0 amide bonds. The Kier molecular flexibility index (Phi) is 5.02. The molecule has 0 aliphatic rings. The van der Waals surface area contributed by atoms with Crippen molar-refractivity contribution < 1.29 is 19.8 Å². The maximum atomic E-state index is 11.9. The normalized spacial score (nSPS) is 10.3. The molecule has 0 spiro atoms. The Balaban J connectivity index is 1.75. The molecule has 30 heavy (non-hydrogen) atoms. The second-order valence-corrected chi connectivity index (χ2v) is 6.69. The predicted molar refractivity (Wildman–Crippen MR) is 116 cm³/mol. The highest BCUT2D eigenvalue weighted by molar-refractivity contribution is 6.11. The van der Waals surface area contributed by atoms with Gasteiger partial charge in [0, 0.05) is 11.1 Å². The van der Waals surface area contributed by atoms with Crippen LogP contribution in [0.15, 0.2) is 84.9 Å². The highest BCUT2D eigenvalue weighted by atomic mass is 16.4. The van der Waals surface area contributed by atoms with Gasteiger partial charge in [0.1, 0.15) is 0 Å². The summed E-state index contributed by atoms with van der Waals surface area (Å²) in [6, 6.07) is 25.5. The Labute approximate surface area is 173 Å². The van der Waals surface area contributed by atoms with Crippen LogP contribution < -0.4 is 0 Å². The number of aromatic carboxylic acids is 2. The van der Waals surface area contributed by atoms with Gasteiger partial charge in [-0.2, -0.15) is 0 Å². The third-order valence-corrected chi connectivity index (χ3v) is 4.84. The summed E-state index contributed by atoms with van der Waals surface area (Å²) in [5, 5.41) is 19.8. The van der Waals surface area contributed by atoms with Gasteiger partial charge in [-0.05, 0) is 46.2 Å². The fraction of sp³-hybridized carbons (Fsp3) is 0. The van der Waals surface area contributed by atoms with Crippen molar-refractivity contribution in [1.29, 1.82) is 0 Å². The number of carbonyl (C=O) groups is 2. The summed E-state index contributed by atoms with van der Waals surface area (Å²) in [6.07, 6.45) is 0. The SMILES string of the molecule is O=C(O)c1cccc2c(C(=O)O)c(C#Cc3ccc(-c4ccccc4)cc3)ccc12. The van der Waals surface area contributed by atoms with Crippen molar-refractivity contribution in [2.45, 2.75) is 0 Å². The second kappa shape index (κ2) is 7.94. The molecule has 4 rings (SSSR count). The van der Waals surface area contributed by atoms with Gasteiger partial charge in [-0.1, -0.05) is 72.5 Å². The molecule has 0 atom stereocenters. The molecule has 4 nitrogen and oxygen atoms in total. The highest BCUT2D eigenvalue weighted by Crippen LogP contribution is 2.26. The number of carboxylic acids is 2. The Bertz CT molecular complexity index is 1320. The molecule has 0 heterocycles. The number of rotatable bonds is 3. The number of carboxylic acid groups (broad SMARTS) is 2. The Morgan fingerprint density at radius 2 is 1.30 bits per heavy atom. The van der Waals surface area contributed by atoms with E-state index < -0.39 is 11.9 Å². The van der Waals surface area contributed by atoms with E-state index in [2.05, 4.69) is 11.8 Å². The maximum Gasteiger partial charge on any atom is 0.337 e. The molecule has 0 saturated carbocycles. The third kappa shape index (κ3) is 3.65. The molecule has 2 N–H and O–H groups in total. The van der Waals surface area contributed by atoms with Gasteiger partial charge in [0.15, 0.2) is 0 Å². The zero-order chi connectivity index (χ0) is 21.1. The van der Waals surface area contributed by atoms with Crippen LogP contribution in [0.4, 0.5) is 0 Å². The summed E-state index contributed by atoms with van der Waals surface area (Å²) in [5.74, 6) is 3.69. The first-order chi connectivity index (χ1) is 14.5. The fourth-order valence-electron chi connectivity index (χ4n) is 3.40. The Morgan fingerprint density at radius 1 is 0.600 bits per heavy atom. The van der Waals surface area contributed by atoms with E-state index in [4.69, 9.17) is 0 Å². The summed E-state index contributed by atoms with van der Waals surface area (Å²) >= 11 is 0. The van der Waals surface area contributed by atoms with Crippen molar-refractivity contribution in [3.8, 4) is 23.0 Å². The molecule has 0 unspecified atom stereocenters. The lowest BCUT2D eigenvalue weighted by Gasteiger charge is -2.08. The minimum absolute atomic E-state index is 0.00371. The molecular weight excluding hydrogens is 376 g/mol. The topological polar surface area (TPSA) is 74.6 Å². The van der Waals surface area contributed by atoms with Gasteiger partial charge in [-0.25, -0.2) is 9.59 Å². The van der Waals surface area contributed by atoms with E-state index in [0.717, 1.165) is 16.7 Å². The lowest BCUT2D eigenvalue weighted by Crippen LogP contribution is -2.04. The molecule has 0 bridgehead atoms. The monoisotopic (exact) mass is 392 g/mol. The standard InChI is InChI=1S/C26H16O4/c27-25(28)23-8-4-7-22-21(23)16-15-20(24(22)26(29)30)14-11-17-9-12-19(13-10-17)18-5-2-1-3-6-18/h1-10,12-13,15-16H,(H,27,28)(H,29,30). The van der Waals surface area contributed by atoms with E-state index in [9.17, 15) is 19.8 Å². The minimum atomic E-state index is -1.15. The van der Waals surface area contributed by atoms with Crippen molar-refractivity contribution in [3.63, 3.8) is 0 Å². The van der Waals surface area contributed by atoms with Crippen molar-refractivity contribution in [1.82, 2.24) is 0 Å². The molecule has 4 aromatic carbocycles. The van der Waals surface area contributed by atoms with Crippen LogP contribution in [0.3, 0.4) is 0 Å². The first-order valence-corrected chi connectivity index (χ1v) is 9.24. The summed E-state index contributed by atoms with van der Waals surface area (Å²) in [5.41, 5.74) is 3.33. The summed E-state index contributed by atoms with van der Waals surface area (Å²) < 4.78 is 0. The van der Waals surface area contributed by atoms with Crippen molar-refractivity contribution in [2.75, 3.05) is 0 Å². The van der Waals surface area contributed by atoms with Gasteiger partial charge in [-0.3, -0.25) is 0 Å². The molecular formula is C26H16O4. The van der Waals surface area contributed by atoms with Crippen LogP contribution in [0.25, 0.3) is 21.9 Å². The van der Waals surface area contributed by atoms with Crippen LogP contribution in [-0.4, -0.2) is 22.2 Å². The number of fused-ring (bicyclic) bond motifs is 1. The molecule has 0 fully saturated rings. The van der Waals surface area contributed by atoms with E-state index in [0.29, 0.717) is 16.3 Å². The minimum Gasteiger partial charge on any atom is -0.478 e. The van der Waals surface area contributed by atoms with E-state index in [1.165, 1.54) is 12.1 Å². The zero-order valence-electron chi connectivity index (χ0n) is 15.8. The Morgan fingerprint density at radius 3 is 1.97 bits per heavy atom. The summed E-state index contributed by atoms with van der Waals surface area (Å²) in [4.78, 5) is 23.4. The van der Waals surface area contributed by atoms with E-state index in [1.807, 2.05) is 54.6 Å². The van der Waals surface area contributed by atoms with Crippen LogP contribution in [-0.2, 0) is 0 Å². The van der Waals surface area contributed by atoms with Crippen LogP contribution in [0.1, 0.15) is 31.8 Å². The van der Waals surface area contributed by atoms with E-state index in [1.54, 1.807) is 18.2 Å². The van der Waals surface area contributed by atoms with Gasteiger partial charge >= 0.3 is 11.9 Å². The lowest BCUT2D eigenvalue weighted by atomic mass is 9.95. The molecule has 0 aliphatic carbocycles. The zero-order valence-corrected chi connectivity index (χ0v) is 15.8. The average molecular weight is 392 g/mol. The average Bonchev–Trinajstić information content (AvgIpc) is 2.77. The Hall–Kier alpha value is -4.36. The van der Waals surface area contributed by atoms with Crippen molar-refractivity contribution >= 4 is 22.7 Å².